The molecule has 0 aliphatic carbocycles. The molecular formula is C20H33BrO. The molecule has 2 heteroatoms. The number of hydrogen-bond acceptors (Lipinski definition) is 1. The van der Waals surface area contributed by atoms with Crippen LogP contribution in [0, 0.1) is 13.8 Å². The van der Waals surface area contributed by atoms with Crippen molar-refractivity contribution in [2.24, 2.45) is 0 Å². The molecule has 0 N–H and O–H groups in total. The van der Waals surface area contributed by atoms with Crippen LogP contribution < -0.4 is 4.74 Å². The van der Waals surface area contributed by atoms with Gasteiger partial charge < -0.3 is 4.74 Å². The molecule has 0 unspecified atom stereocenters. The molecule has 0 radical (unpaired) electrons. The van der Waals surface area contributed by atoms with E-state index in [0.717, 1.165) is 16.8 Å². The Morgan fingerprint density at radius 2 is 1.36 bits per heavy atom. The summed E-state index contributed by atoms with van der Waals surface area (Å²) in [6.45, 7) is 7.38. The first-order valence-corrected chi connectivity index (χ1v) is 9.84. The van der Waals surface area contributed by atoms with E-state index >= 15 is 0 Å². The lowest BCUT2D eigenvalue weighted by molar-refractivity contribution is 0.302. The van der Waals surface area contributed by atoms with Gasteiger partial charge in [0.2, 0.25) is 0 Å². The first kappa shape index (κ1) is 19.5. The van der Waals surface area contributed by atoms with Gasteiger partial charge in [-0.25, -0.2) is 0 Å². The maximum atomic E-state index is 5.94. The second kappa shape index (κ2) is 12.0. The number of ether oxygens (including phenoxy) is 1. The van der Waals surface area contributed by atoms with Crippen LogP contribution in [0.3, 0.4) is 0 Å². The number of aryl methyl sites for hydroxylation is 1. The van der Waals surface area contributed by atoms with Crippen molar-refractivity contribution in [2.45, 2.75) is 85.0 Å². The van der Waals surface area contributed by atoms with Crippen molar-refractivity contribution >= 4 is 15.9 Å². The number of unbranched alkanes of at least 4 members (excludes halogenated alkanes) is 9. The van der Waals surface area contributed by atoms with Gasteiger partial charge in [-0.3, -0.25) is 0 Å². The van der Waals surface area contributed by atoms with Crippen molar-refractivity contribution in [2.75, 3.05) is 6.61 Å². The van der Waals surface area contributed by atoms with Crippen LogP contribution in [0.4, 0.5) is 0 Å². The van der Waals surface area contributed by atoms with Crippen LogP contribution in [0.25, 0.3) is 0 Å². The van der Waals surface area contributed by atoms with Crippen LogP contribution in [0.1, 0.15) is 82.3 Å². The minimum atomic E-state index is 0.841. The number of hydrogen-bond donors (Lipinski definition) is 0. The monoisotopic (exact) mass is 368 g/mol. The highest BCUT2D eigenvalue weighted by molar-refractivity contribution is 9.10. The lowest BCUT2D eigenvalue weighted by Gasteiger charge is -2.11. The van der Waals surface area contributed by atoms with E-state index in [0.29, 0.717) is 0 Å². The van der Waals surface area contributed by atoms with Gasteiger partial charge in [-0.2, -0.15) is 0 Å². The van der Waals surface area contributed by atoms with E-state index in [-0.39, 0.29) is 0 Å². The first-order valence-electron chi connectivity index (χ1n) is 9.04. The SMILES string of the molecule is CCCCCCCCCCCCOc1cc(Br)cc(C)c1C. The highest BCUT2D eigenvalue weighted by Gasteiger charge is 2.04. The average Bonchev–Trinajstić information content (AvgIpc) is 2.49. The molecule has 0 bridgehead atoms. The summed E-state index contributed by atoms with van der Waals surface area (Å²) < 4.78 is 7.05. The average molecular weight is 369 g/mol. The molecule has 0 saturated heterocycles. The Morgan fingerprint density at radius 3 is 1.95 bits per heavy atom. The summed E-state index contributed by atoms with van der Waals surface area (Å²) >= 11 is 3.54. The Kier molecular flexibility index (Phi) is 10.7. The summed E-state index contributed by atoms with van der Waals surface area (Å²) in [6, 6.07) is 4.22. The zero-order valence-corrected chi connectivity index (χ0v) is 16.3. The Bertz CT molecular complexity index is 414. The quantitative estimate of drug-likeness (QED) is 0.350. The normalized spacial score (nSPS) is 10.9. The van der Waals surface area contributed by atoms with E-state index in [2.05, 4.69) is 48.8 Å². The van der Waals surface area contributed by atoms with E-state index in [1.54, 1.807) is 0 Å². The minimum absolute atomic E-state index is 0.841. The molecule has 0 aliphatic rings. The fourth-order valence-corrected chi connectivity index (χ4v) is 3.26. The van der Waals surface area contributed by atoms with Gasteiger partial charge in [-0.1, -0.05) is 80.6 Å². The molecule has 0 spiro atoms. The predicted molar refractivity (Wildman–Crippen MR) is 101 cm³/mol. The zero-order chi connectivity index (χ0) is 16.2. The summed E-state index contributed by atoms with van der Waals surface area (Å²) in [5.74, 6) is 1.03. The van der Waals surface area contributed by atoms with E-state index in [1.165, 1.54) is 75.3 Å². The standard InChI is InChI=1S/C20H33BrO/c1-4-5-6-7-8-9-10-11-12-13-14-22-20-16-19(21)15-17(2)18(20)3/h15-16H,4-14H2,1-3H3. The third kappa shape index (κ3) is 8.22. The lowest BCUT2D eigenvalue weighted by atomic mass is 10.1. The fraction of sp³-hybridized carbons (Fsp3) is 0.700. The molecule has 1 aromatic rings. The van der Waals surface area contributed by atoms with Gasteiger partial charge in [0.25, 0.3) is 0 Å². The highest BCUT2D eigenvalue weighted by atomic mass is 79.9. The topological polar surface area (TPSA) is 9.23 Å². The molecule has 0 amide bonds. The molecule has 1 nitrogen and oxygen atoms in total. The van der Waals surface area contributed by atoms with E-state index in [9.17, 15) is 0 Å². The summed E-state index contributed by atoms with van der Waals surface area (Å²) in [7, 11) is 0. The summed E-state index contributed by atoms with van der Waals surface area (Å²) in [5.41, 5.74) is 2.54. The van der Waals surface area contributed by atoms with Crippen LogP contribution in [0.15, 0.2) is 16.6 Å². The van der Waals surface area contributed by atoms with Crippen LogP contribution in [-0.4, -0.2) is 6.61 Å². The van der Waals surface area contributed by atoms with E-state index in [4.69, 9.17) is 4.74 Å². The number of halogens is 1. The van der Waals surface area contributed by atoms with Gasteiger partial charge in [0.1, 0.15) is 5.75 Å². The Labute approximate surface area is 146 Å². The molecule has 0 heterocycles. The van der Waals surface area contributed by atoms with Crippen LogP contribution >= 0.6 is 15.9 Å². The molecular weight excluding hydrogens is 336 g/mol. The molecule has 0 atom stereocenters. The van der Waals surface area contributed by atoms with Crippen molar-refractivity contribution in [3.05, 3.63) is 27.7 Å². The van der Waals surface area contributed by atoms with Gasteiger partial charge in [-0.05, 0) is 43.5 Å². The molecule has 1 aromatic carbocycles. The Balaban J connectivity index is 2.02. The third-order valence-electron chi connectivity index (χ3n) is 4.34. The molecule has 22 heavy (non-hydrogen) atoms. The van der Waals surface area contributed by atoms with Crippen molar-refractivity contribution < 1.29 is 4.74 Å². The Hall–Kier alpha value is -0.500. The molecule has 0 aromatic heterocycles. The number of benzene rings is 1. The van der Waals surface area contributed by atoms with Crippen molar-refractivity contribution in [3.63, 3.8) is 0 Å². The van der Waals surface area contributed by atoms with Gasteiger partial charge in [0.05, 0.1) is 6.61 Å². The lowest BCUT2D eigenvalue weighted by Crippen LogP contribution is -2.00. The van der Waals surface area contributed by atoms with Crippen molar-refractivity contribution in [1.29, 1.82) is 0 Å². The largest absolute Gasteiger partial charge is 0.493 e. The smallest absolute Gasteiger partial charge is 0.123 e. The Morgan fingerprint density at radius 1 is 0.818 bits per heavy atom. The van der Waals surface area contributed by atoms with Gasteiger partial charge in [-0.15, -0.1) is 0 Å². The van der Waals surface area contributed by atoms with Crippen LogP contribution in [-0.2, 0) is 0 Å². The maximum absolute atomic E-state index is 5.94. The van der Waals surface area contributed by atoms with E-state index in [1.807, 2.05) is 0 Å². The highest BCUT2D eigenvalue weighted by Crippen LogP contribution is 2.26. The van der Waals surface area contributed by atoms with Crippen LogP contribution in [0.2, 0.25) is 0 Å². The summed E-state index contributed by atoms with van der Waals surface area (Å²) in [5, 5.41) is 0. The predicted octanol–water partition coefficient (Wildman–Crippen LogP) is 7.37. The fourth-order valence-electron chi connectivity index (χ4n) is 2.71. The summed E-state index contributed by atoms with van der Waals surface area (Å²) in [6.07, 6.45) is 13.6. The molecule has 0 fully saturated rings. The van der Waals surface area contributed by atoms with Crippen molar-refractivity contribution in [3.8, 4) is 5.75 Å². The van der Waals surface area contributed by atoms with Crippen LogP contribution in [0.5, 0.6) is 5.75 Å². The second-order valence-corrected chi connectivity index (χ2v) is 7.29. The van der Waals surface area contributed by atoms with Crippen molar-refractivity contribution in [1.82, 2.24) is 0 Å². The zero-order valence-electron chi connectivity index (χ0n) is 14.7. The third-order valence-corrected chi connectivity index (χ3v) is 4.80. The molecule has 126 valence electrons. The molecule has 1 rings (SSSR count). The van der Waals surface area contributed by atoms with Gasteiger partial charge in [0.15, 0.2) is 0 Å². The number of rotatable bonds is 12. The molecule has 0 aliphatic heterocycles. The van der Waals surface area contributed by atoms with E-state index < -0.39 is 0 Å². The minimum Gasteiger partial charge on any atom is -0.493 e. The summed E-state index contributed by atoms with van der Waals surface area (Å²) in [4.78, 5) is 0. The first-order chi connectivity index (χ1) is 10.6. The van der Waals surface area contributed by atoms with Gasteiger partial charge in [0, 0.05) is 4.47 Å². The second-order valence-electron chi connectivity index (χ2n) is 6.38. The van der Waals surface area contributed by atoms with Gasteiger partial charge >= 0.3 is 0 Å². The maximum Gasteiger partial charge on any atom is 0.123 e. The molecule has 0 saturated carbocycles.